The fourth-order valence-electron chi connectivity index (χ4n) is 1.69. The van der Waals surface area contributed by atoms with E-state index in [4.69, 9.17) is 9.47 Å². The number of sulfone groups is 1. The van der Waals surface area contributed by atoms with Gasteiger partial charge < -0.3 is 9.47 Å². The maximum Gasteiger partial charge on any atom is 0.326 e. The number of carbonyl (C=O) groups excluding carboxylic acids is 1. The molecular weight excluding hydrogens is 294 g/mol. The van der Waals surface area contributed by atoms with Crippen molar-refractivity contribution in [2.24, 2.45) is 0 Å². The number of esters is 1. The van der Waals surface area contributed by atoms with Crippen LogP contribution < -0.4 is 10.1 Å². The standard InChI is InChI=1S/C14H21NO5S/c1-10(2)15-13(14(16)19-3)9-20-11-5-7-12(8-6-11)21(4,17)18/h5-8,10,13,15H,9H2,1-4H3. The summed E-state index contributed by atoms with van der Waals surface area (Å²) in [5.74, 6) is 0.0818. The number of hydrogen-bond acceptors (Lipinski definition) is 6. The Morgan fingerprint density at radius 2 is 1.81 bits per heavy atom. The highest BCUT2D eigenvalue weighted by Crippen LogP contribution is 2.16. The van der Waals surface area contributed by atoms with Crippen molar-refractivity contribution in [2.45, 2.75) is 30.8 Å². The van der Waals surface area contributed by atoms with Crippen LogP contribution in [0.2, 0.25) is 0 Å². The van der Waals surface area contributed by atoms with Gasteiger partial charge in [-0.05, 0) is 24.3 Å². The minimum Gasteiger partial charge on any atom is -0.491 e. The first-order valence-corrected chi connectivity index (χ1v) is 8.40. The lowest BCUT2D eigenvalue weighted by molar-refractivity contribution is -0.144. The minimum absolute atomic E-state index is 0.100. The molecule has 1 aromatic carbocycles. The highest BCUT2D eigenvalue weighted by atomic mass is 32.2. The Labute approximate surface area is 125 Å². The van der Waals surface area contributed by atoms with E-state index < -0.39 is 21.8 Å². The molecule has 1 aromatic rings. The topological polar surface area (TPSA) is 81.7 Å². The summed E-state index contributed by atoms with van der Waals surface area (Å²) in [5.41, 5.74) is 0. The molecule has 0 heterocycles. The van der Waals surface area contributed by atoms with E-state index in [-0.39, 0.29) is 17.5 Å². The molecule has 6 nitrogen and oxygen atoms in total. The molecule has 0 aliphatic rings. The average Bonchev–Trinajstić information content (AvgIpc) is 2.41. The summed E-state index contributed by atoms with van der Waals surface area (Å²) in [4.78, 5) is 11.8. The lowest BCUT2D eigenvalue weighted by Crippen LogP contribution is -2.45. The van der Waals surface area contributed by atoms with E-state index in [2.05, 4.69) is 5.32 Å². The van der Waals surface area contributed by atoms with Gasteiger partial charge in [0.15, 0.2) is 9.84 Å². The molecule has 0 saturated heterocycles. The van der Waals surface area contributed by atoms with E-state index in [1.807, 2.05) is 13.8 Å². The summed E-state index contributed by atoms with van der Waals surface area (Å²) < 4.78 is 32.9. The summed E-state index contributed by atoms with van der Waals surface area (Å²) in [5, 5.41) is 3.04. The lowest BCUT2D eigenvalue weighted by atomic mass is 10.2. The van der Waals surface area contributed by atoms with Crippen LogP contribution in [-0.2, 0) is 19.4 Å². The van der Waals surface area contributed by atoms with Crippen molar-refractivity contribution in [3.63, 3.8) is 0 Å². The van der Waals surface area contributed by atoms with Gasteiger partial charge in [-0.15, -0.1) is 0 Å². The fourth-order valence-corrected chi connectivity index (χ4v) is 2.32. The second-order valence-corrected chi connectivity index (χ2v) is 6.97. The van der Waals surface area contributed by atoms with Crippen LogP contribution in [0.4, 0.5) is 0 Å². The molecule has 0 saturated carbocycles. The fraction of sp³-hybridized carbons (Fsp3) is 0.500. The maximum atomic E-state index is 11.6. The van der Waals surface area contributed by atoms with Crippen LogP contribution in [-0.4, -0.2) is 46.4 Å². The molecule has 1 atom stereocenters. The number of ether oxygens (including phenoxy) is 2. The summed E-state index contributed by atoms with van der Waals surface area (Å²) >= 11 is 0. The zero-order valence-electron chi connectivity index (χ0n) is 12.6. The van der Waals surface area contributed by atoms with Gasteiger partial charge in [-0.3, -0.25) is 10.1 Å². The third-order valence-electron chi connectivity index (χ3n) is 2.69. The Morgan fingerprint density at radius 3 is 2.24 bits per heavy atom. The summed E-state index contributed by atoms with van der Waals surface area (Å²) in [6.45, 7) is 3.93. The van der Waals surface area contributed by atoms with Crippen LogP contribution in [0.15, 0.2) is 29.2 Å². The van der Waals surface area contributed by atoms with Gasteiger partial charge in [0.1, 0.15) is 18.4 Å². The monoisotopic (exact) mass is 315 g/mol. The largest absolute Gasteiger partial charge is 0.491 e. The van der Waals surface area contributed by atoms with Gasteiger partial charge in [0.05, 0.1) is 12.0 Å². The van der Waals surface area contributed by atoms with Gasteiger partial charge in [0.25, 0.3) is 0 Å². The van der Waals surface area contributed by atoms with E-state index in [1.54, 1.807) is 12.1 Å². The first kappa shape index (κ1) is 17.5. The molecule has 118 valence electrons. The maximum absolute atomic E-state index is 11.6. The molecule has 0 aliphatic carbocycles. The summed E-state index contributed by atoms with van der Waals surface area (Å²) in [6.07, 6.45) is 1.14. The van der Waals surface area contributed by atoms with Gasteiger partial charge in [0, 0.05) is 12.3 Å². The third-order valence-corrected chi connectivity index (χ3v) is 3.82. The molecule has 21 heavy (non-hydrogen) atoms. The predicted molar refractivity (Wildman–Crippen MR) is 79.1 cm³/mol. The third kappa shape index (κ3) is 5.73. The smallest absolute Gasteiger partial charge is 0.326 e. The highest BCUT2D eigenvalue weighted by molar-refractivity contribution is 7.90. The van der Waals surface area contributed by atoms with Crippen LogP contribution in [0.5, 0.6) is 5.75 Å². The Balaban J connectivity index is 2.69. The molecule has 0 amide bonds. The molecule has 1 unspecified atom stereocenters. The second kappa shape index (κ2) is 7.42. The predicted octanol–water partition coefficient (Wildman–Crippen LogP) is 1.01. The first-order chi connectivity index (χ1) is 9.74. The van der Waals surface area contributed by atoms with Crippen LogP contribution in [0.1, 0.15) is 13.8 Å². The van der Waals surface area contributed by atoms with E-state index in [0.717, 1.165) is 6.26 Å². The van der Waals surface area contributed by atoms with E-state index >= 15 is 0 Å². The minimum atomic E-state index is -3.23. The molecule has 7 heteroatoms. The second-order valence-electron chi connectivity index (χ2n) is 4.95. The molecule has 0 aliphatic heterocycles. The van der Waals surface area contributed by atoms with Gasteiger partial charge in [-0.1, -0.05) is 13.8 Å². The number of rotatable bonds is 7. The van der Waals surface area contributed by atoms with Crippen molar-refractivity contribution in [3.05, 3.63) is 24.3 Å². The van der Waals surface area contributed by atoms with Crippen LogP contribution in [0, 0.1) is 0 Å². The molecule has 0 spiro atoms. The molecule has 0 radical (unpaired) electrons. The zero-order chi connectivity index (χ0) is 16.0. The van der Waals surface area contributed by atoms with Crippen molar-refractivity contribution in [3.8, 4) is 5.75 Å². The van der Waals surface area contributed by atoms with Crippen LogP contribution in [0.25, 0.3) is 0 Å². The number of benzene rings is 1. The Hall–Kier alpha value is -1.60. The van der Waals surface area contributed by atoms with Crippen molar-refractivity contribution < 1.29 is 22.7 Å². The zero-order valence-corrected chi connectivity index (χ0v) is 13.4. The number of hydrogen-bond donors (Lipinski definition) is 1. The summed E-state index contributed by atoms with van der Waals surface area (Å²) in [7, 11) is -1.91. The number of carbonyl (C=O) groups is 1. The SMILES string of the molecule is COC(=O)C(COc1ccc(S(C)(=O)=O)cc1)NC(C)C. The van der Waals surface area contributed by atoms with Gasteiger partial charge in [-0.2, -0.15) is 0 Å². The highest BCUT2D eigenvalue weighted by Gasteiger charge is 2.20. The van der Waals surface area contributed by atoms with Crippen molar-refractivity contribution in [2.75, 3.05) is 20.0 Å². The van der Waals surface area contributed by atoms with Crippen molar-refractivity contribution >= 4 is 15.8 Å². The van der Waals surface area contributed by atoms with Gasteiger partial charge >= 0.3 is 5.97 Å². The van der Waals surface area contributed by atoms with E-state index in [0.29, 0.717) is 5.75 Å². The van der Waals surface area contributed by atoms with Crippen LogP contribution >= 0.6 is 0 Å². The van der Waals surface area contributed by atoms with E-state index in [1.165, 1.54) is 19.2 Å². The molecule has 1 N–H and O–H groups in total. The number of methoxy groups -OCH3 is 1. The normalized spacial score (nSPS) is 13.0. The molecule has 0 bridgehead atoms. The quantitative estimate of drug-likeness (QED) is 0.756. The molecule has 1 rings (SSSR count). The average molecular weight is 315 g/mol. The molecule has 0 fully saturated rings. The van der Waals surface area contributed by atoms with Crippen LogP contribution in [0.3, 0.4) is 0 Å². The van der Waals surface area contributed by atoms with Gasteiger partial charge in [0.2, 0.25) is 0 Å². The Morgan fingerprint density at radius 1 is 1.24 bits per heavy atom. The van der Waals surface area contributed by atoms with E-state index in [9.17, 15) is 13.2 Å². The van der Waals surface area contributed by atoms with Crippen molar-refractivity contribution in [1.82, 2.24) is 5.32 Å². The lowest BCUT2D eigenvalue weighted by Gasteiger charge is -2.19. The number of nitrogens with one attached hydrogen (secondary N) is 1. The Bertz CT molecular complexity index is 566. The Kier molecular flexibility index (Phi) is 6.17. The van der Waals surface area contributed by atoms with Crippen molar-refractivity contribution in [1.29, 1.82) is 0 Å². The van der Waals surface area contributed by atoms with Gasteiger partial charge in [-0.25, -0.2) is 8.42 Å². The summed E-state index contributed by atoms with van der Waals surface area (Å²) in [6, 6.07) is 5.57. The molecular formula is C14H21NO5S. The first-order valence-electron chi connectivity index (χ1n) is 6.51. The molecule has 0 aromatic heterocycles.